The highest BCUT2D eigenvalue weighted by molar-refractivity contribution is 5.31. The fourth-order valence-electron chi connectivity index (χ4n) is 1.32. The van der Waals surface area contributed by atoms with Gasteiger partial charge in [0.05, 0.1) is 0 Å². The van der Waals surface area contributed by atoms with Crippen molar-refractivity contribution in [2.24, 2.45) is 5.92 Å². The molecule has 3 heteroatoms. The molecule has 0 radical (unpaired) electrons. The van der Waals surface area contributed by atoms with Crippen LogP contribution in [0.15, 0.2) is 24.3 Å². The van der Waals surface area contributed by atoms with E-state index in [1.54, 1.807) is 12.1 Å². The first kappa shape index (κ1) is 11.0. The molecular weight excluding hydrogens is 180 g/mol. The standard InChI is InChI=1S/C11H16O3/c12-7-9(8-13)5-6-10-3-1-2-4-11(10)14/h1-4,9,12-14H,5-8H2. The van der Waals surface area contributed by atoms with Gasteiger partial charge in [0.25, 0.3) is 0 Å². The minimum atomic E-state index is -0.0883. The molecule has 0 saturated heterocycles. The first-order chi connectivity index (χ1) is 6.77. The largest absolute Gasteiger partial charge is 0.508 e. The number of phenolic OH excluding ortho intramolecular Hbond substituents is 1. The summed E-state index contributed by atoms with van der Waals surface area (Å²) in [6, 6.07) is 7.12. The molecule has 3 N–H and O–H groups in total. The Hall–Kier alpha value is -1.06. The van der Waals surface area contributed by atoms with Crippen molar-refractivity contribution in [3.63, 3.8) is 0 Å². The highest BCUT2D eigenvalue weighted by Crippen LogP contribution is 2.19. The Morgan fingerprint density at radius 1 is 1.07 bits per heavy atom. The van der Waals surface area contributed by atoms with Gasteiger partial charge >= 0.3 is 0 Å². The summed E-state index contributed by atoms with van der Waals surface area (Å²) < 4.78 is 0. The molecule has 0 aliphatic carbocycles. The fraction of sp³-hybridized carbons (Fsp3) is 0.455. The van der Waals surface area contributed by atoms with Gasteiger partial charge in [0, 0.05) is 19.1 Å². The van der Waals surface area contributed by atoms with Gasteiger partial charge in [-0.3, -0.25) is 0 Å². The van der Waals surface area contributed by atoms with Crippen LogP contribution in [0.4, 0.5) is 0 Å². The minimum absolute atomic E-state index is 0.00983. The maximum Gasteiger partial charge on any atom is 0.118 e. The lowest BCUT2D eigenvalue weighted by molar-refractivity contribution is 0.144. The first-order valence-corrected chi connectivity index (χ1v) is 4.76. The van der Waals surface area contributed by atoms with E-state index in [-0.39, 0.29) is 24.9 Å². The van der Waals surface area contributed by atoms with E-state index in [0.717, 1.165) is 5.56 Å². The van der Waals surface area contributed by atoms with Crippen molar-refractivity contribution in [3.05, 3.63) is 29.8 Å². The molecule has 14 heavy (non-hydrogen) atoms. The van der Waals surface area contributed by atoms with Crippen LogP contribution in [0.3, 0.4) is 0 Å². The van der Waals surface area contributed by atoms with E-state index in [1.807, 2.05) is 12.1 Å². The van der Waals surface area contributed by atoms with Gasteiger partial charge in [0.15, 0.2) is 0 Å². The number of para-hydroxylation sites is 1. The summed E-state index contributed by atoms with van der Waals surface area (Å²) in [6.45, 7) is -0.0197. The molecule has 1 rings (SSSR count). The molecule has 0 fully saturated rings. The lowest BCUT2D eigenvalue weighted by Crippen LogP contribution is -2.11. The normalized spacial score (nSPS) is 10.8. The van der Waals surface area contributed by atoms with Crippen LogP contribution >= 0.6 is 0 Å². The van der Waals surface area contributed by atoms with Gasteiger partial charge in [-0.15, -0.1) is 0 Å². The molecule has 1 aromatic rings. The van der Waals surface area contributed by atoms with Crippen LogP contribution in [0.5, 0.6) is 5.75 Å². The van der Waals surface area contributed by atoms with Gasteiger partial charge in [0.1, 0.15) is 5.75 Å². The summed E-state index contributed by atoms with van der Waals surface area (Å²) >= 11 is 0. The summed E-state index contributed by atoms with van der Waals surface area (Å²) in [5.74, 6) is 0.191. The molecule has 78 valence electrons. The van der Waals surface area contributed by atoms with Gasteiger partial charge < -0.3 is 15.3 Å². The number of aliphatic hydroxyl groups excluding tert-OH is 2. The van der Waals surface area contributed by atoms with Gasteiger partial charge in [-0.25, -0.2) is 0 Å². The molecule has 0 aliphatic heterocycles. The monoisotopic (exact) mass is 196 g/mol. The SMILES string of the molecule is OCC(CO)CCc1ccccc1O. The predicted molar refractivity (Wildman–Crippen MR) is 54.1 cm³/mol. The number of benzene rings is 1. The van der Waals surface area contributed by atoms with Crippen LogP contribution < -0.4 is 0 Å². The lowest BCUT2D eigenvalue weighted by Gasteiger charge is -2.10. The average molecular weight is 196 g/mol. The van der Waals surface area contributed by atoms with Crippen LogP contribution in [-0.4, -0.2) is 28.5 Å². The van der Waals surface area contributed by atoms with E-state index in [1.165, 1.54) is 0 Å². The maximum absolute atomic E-state index is 9.44. The summed E-state index contributed by atoms with van der Waals surface area (Å²) in [4.78, 5) is 0. The quantitative estimate of drug-likeness (QED) is 0.656. The summed E-state index contributed by atoms with van der Waals surface area (Å²) in [6.07, 6.45) is 1.36. The van der Waals surface area contributed by atoms with Crippen LogP contribution in [0.1, 0.15) is 12.0 Å². The van der Waals surface area contributed by atoms with Crippen LogP contribution in [0, 0.1) is 5.92 Å². The average Bonchev–Trinajstić information content (AvgIpc) is 2.22. The van der Waals surface area contributed by atoms with Gasteiger partial charge in [-0.1, -0.05) is 18.2 Å². The lowest BCUT2D eigenvalue weighted by atomic mass is 10.0. The Labute approximate surface area is 83.6 Å². The summed E-state index contributed by atoms with van der Waals surface area (Å²) in [5.41, 5.74) is 0.861. The van der Waals surface area contributed by atoms with Crippen LogP contribution in [-0.2, 0) is 6.42 Å². The highest BCUT2D eigenvalue weighted by atomic mass is 16.3. The predicted octanol–water partition coefficient (Wildman–Crippen LogP) is 0.926. The van der Waals surface area contributed by atoms with Crippen molar-refractivity contribution in [3.8, 4) is 5.75 Å². The Kier molecular flexibility index (Phi) is 4.43. The van der Waals surface area contributed by atoms with Crippen molar-refractivity contribution in [1.82, 2.24) is 0 Å². The Morgan fingerprint density at radius 2 is 1.71 bits per heavy atom. The highest BCUT2D eigenvalue weighted by Gasteiger charge is 2.07. The van der Waals surface area contributed by atoms with E-state index < -0.39 is 0 Å². The number of hydrogen-bond acceptors (Lipinski definition) is 3. The third-order valence-corrected chi connectivity index (χ3v) is 2.33. The summed E-state index contributed by atoms with van der Waals surface area (Å²) in [7, 11) is 0. The Morgan fingerprint density at radius 3 is 2.29 bits per heavy atom. The van der Waals surface area contributed by atoms with Gasteiger partial charge in [0.2, 0.25) is 0 Å². The molecule has 0 heterocycles. The van der Waals surface area contributed by atoms with Gasteiger partial charge in [-0.2, -0.15) is 0 Å². The molecule has 0 aliphatic rings. The third-order valence-electron chi connectivity index (χ3n) is 2.33. The zero-order chi connectivity index (χ0) is 10.4. The number of aromatic hydroxyl groups is 1. The second-order valence-corrected chi connectivity index (χ2v) is 3.40. The van der Waals surface area contributed by atoms with Crippen molar-refractivity contribution in [2.45, 2.75) is 12.8 Å². The number of phenols is 1. The number of rotatable bonds is 5. The molecule has 0 spiro atoms. The van der Waals surface area contributed by atoms with Crippen LogP contribution in [0.25, 0.3) is 0 Å². The van der Waals surface area contributed by atoms with Gasteiger partial charge in [-0.05, 0) is 24.5 Å². The minimum Gasteiger partial charge on any atom is -0.508 e. The molecule has 0 amide bonds. The zero-order valence-corrected chi connectivity index (χ0v) is 8.06. The molecule has 0 atom stereocenters. The number of aliphatic hydroxyl groups is 2. The molecule has 0 saturated carbocycles. The Balaban J connectivity index is 2.49. The van der Waals surface area contributed by atoms with Crippen molar-refractivity contribution in [1.29, 1.82) is 0 Å². The van der Waals surface area contributed by atoms with Crippen LogP contribution in [0.2, 0.25) is 0 Å². The van der Waals surface area contributed by atoms with Crippen molar-refractivity contribution < 1.29 is 15.3 Å². The number of aryl methyl sites for hydroxylation is 1. The fourth-order valence-corrected chi connectivity index (χ4v) is 1.32. The van der Waals surface area contributed by atoms with Crippen molar-refractivity contribution >= 4 is 0 Å². The zero-order valence-electron chi connectivity index (χ0n) is 8.06. The maximum atomic E-state index is 9.44. The van der Waals surface area contributed by atoms with E-state index in [9.17, 15) is 5.11 Å². The first-order valence-electron chi connectivity index (χ1n) is 4.76. The second-order valence-electron chi connectivity index (χ2n) is 3.40. The molecule has 0 unspecified atom stereocenters. The van der Waals surface area contributed by atoms with E-state index in [0.29, 0.717) is 12.8 Å². The molecule has 0 bridgehead atoms. The van der Waals surface area contributed by atoms with Crippen molar-refractivity contribution in [2.75, 3.05) is 13.2 Å². The van der Waals surface area contributed by atoms with E-state index in [2.05, 4.69) is 0 Å². The second kappa shape index (κ2) is 5.62. The molecule has 3 nitrogen and oxygen atoms in total. The molecular formula is C11H16O3. The molecule has 1 aromatic carbocycles. The van der Waals surface area contributed by atoms with E-state index in [4.69, 9.17) is 10.2 Å². The third kappa shape index (κ3) is 3.01. The number of hydrogen-bond donors (Lipinski definition) is 3. The topological polar surface area (TPSA) is 60.7 Å². The summed E-state index contributed by atoms with van der Waals surface area (Å²) in [5, 5.41) is 27.1. The smallest absolute Gasteiger partial charge is 0.118 e. The van der Waals surface area contributed by atoms with E-state index >= 15 is 0 Å². The molecule has 0 aromatic heterocycles. The Bertz CT molecular complexity index is 269.